The summed E-state index contributed by atoms with van der Waals surface area (Å²) in [5.74, 6) is -0.148. The van der Waals surface area contributed by atoms with Crippen molar-refractivity contribution in [2.75, 3.05) is 0 Å². The highest BCUT2D eigenvalue weighted by molar-refractivity contribution is 5.87. The fraction of sp³-hybridized carbons (Fsp3) is 0.133. The molecule has 0 saturated heterocycles. The van der Waals surface area contributed by atoms with Crippen LogP contribution in [-0.4, -0.2) is 5.91 Å². The zero-order valence-electron chi connectivity index (χ0n) is 9.81. The maximum Gasteiger partial charge on any atom is 0.243 e. The highest BCUT2D eigenvalue weighted by Gasteiger charge is 2.07. The van der Waals surface area contributed by atoms with E-state index in [9.17, 15) is 4.79 Å². The molecule has 0 aliphatic rings. The van der Waals surface area contributed by atoms with Gasteiger partial charge in [-0.1, -0.05) is 43.0 Å². The summed E-state index contributed by atoms with van der Waals surface area (Å²) in [4.78, 5) is 11.2. The summed E-state index contributed by atoms with van der Waals surface area (Å²) >= 11 is 0. The van der Waals surface area contributed by atoms with Crippen LogP contribution in [0.4, 0.5) is 0 Å². The molecule has 2 heteroatoms. The van der Waals surface area contributed by atoms with Gasteiger partial charge in [0, 0.05) is 0 Å². The molecule has 0 unspecified atom stereocenters. The highest BCUT2D eigenvalue weighted by atomic mass is 16.1. The monoisotopic (exact) mass is 225 g/mol. The first-order valence-electron chi connectivity index (χ1n) is 5.62. The minimum Gasteiger partial charge on any atom is -0.346 e. The van der Waals surface area contributed by atoms with Crippen molar-refractivity contribution < 1.29 is 4.79 Å². The van der Waals surface area contributed by atoms with Gasteiger partial charge in [0.15, 0.2) is 0 Å². The second kappa shape index (κ2) is 4.83. The number of benzene rings is 2. The molecule has 2 aromatic rings. The van der Waals surface area contributed by atoms with E-state index in [1.807, 2.05) is 25.1 Å². The number of rotatable bonds is 3. The van der Waals surface area contributed by atoms with Crippen LogP contribution >= 0.6 is 0 Å². The van der Waals surface area contributed by atoms with E-state index in [2.05, 4.69) is 36.2 Å². The molecule has 0 aromatic heterocycles. The van der Waals surface area contributed by atoms with Crippen LogP contribution in [0.3, 0.4) is 0 Å². The van der Waals surface area contributed by atoms with Crippen LogP contribution in [0.15, 0.2) is 55.1 Å². The molecule has 1 atom stereocenters. The Hall–Kier alpha value is -2.09. The number of amides is 1. The molecule has 2 nitrogen and oxygen atoms in total. The van der Waals surface area contributed by atoms with Crippen molar-refractivity contribution >= 4 is 16.7 Å². The lowest BCUT2D eigenvalue weighted by Gasteiger charge is -2.13. The topological polar surface area (TPSA) is 29.1 Å². The van der Waals surface area contributed by atoms with Gasteiger partial charge in [-0.3, -0.25) is 4.79 Å². The summed E-state index contributed by atoms with van der Waals surface area (Å²) in [5.41, 5.74) is 1.10. The zero-order valence-corrected chi connectivity index (χ0v) is 9.81. The van der Waals surface area contributed by atoms with Gasteiger partial charge in [-0.2, -0.15) is 0 Å². The van der Waals surface area contributed by atoms with Gasteiger partial charge >= 0.3 is 0 Å². The van der Waals surface area contributed by atoms with Crippen molar-refractivity contribution in [1.82, 2.24) is 5.32 Å². The molecule has 0 radical (unpaired) electrons. The Kier molecular flexibility index (Phi) is 3.24. The molecule has 0 aliphatic carbocycles. The summed E-state index contributed by atoms with van der Waals surface area (Å²) in [6, 6.07) is 14.4. The Morgan fingerprint density at radius 2 is 1.94 bits per heavy atom. The molecule has 0 saturated carbocycles. The SMILES string of the molecule is C=CC(=O)N[C@@H](C)c1ccc2ccccc2c1. The standard InChI is InChI=1S/C15H15NO/c1-3-15(17)16-11(2)13-9-8-12-6-4-5-7-14(12)10-13/h3-11H,1H2,2H3,(H,16,17)/t11-/m0/s1. The third-order valence-corrected chi connectivity index (χ3v) is 2.82. The smallest absolute Gasteiger partial charge is 0.243 e. The normalized spacial score (nSPS) is 12.1. The predicted molar refractivity (Wildman–Crippen MR) is 70.7 cm³/mol. The Labute approximate surface area is 101 Å². The van der Waals surface area contributed by atoms with E-state index in [-0.39, 0.29) is 11.9 Å². The van der Waals surface area contributed by atoms with Crippen LogP contribution in [-0.2, 0) is 4.79 Å². The van der Waals surface area contributed by atoms with Crippen molar-refractivity contribution in [3.05, 3.63) is 60.7 Å². The molecule has 86 valence electrons. The van der Waals surface area contributed by atoms with Gasteiger partial charge in [-0.05, 0) is 35.4 Å². The summed E-state index contributed by atoms with van der Waals surface area (Å²) in [5, 5.41) is 5.25. The fourth-order valence-electron chi connectivity index (χ4n) is 1.83. The Morgan fingerprint density at radius 1 is 1.24 bits per heavy atom. The van der Waals surface area contributed by atoms with E-state index in [1.54, 1.807) is 0 Å². The molecule has 17 heavy (non-hydrogen) atoms. The van der Waals surface area contributed by atoms with Gasteiger partial charge in [-0.25, -0.2) is 0 Å². The Bertz CT molecular complexity index is 560. The van der Waals surface area contributed by atoms with E-state index in [0.29, 0.717) is 0 Å². The maximum absolute atomic E-state index is 11.2. The lowest BCUT2D eigenvalue weighted by molar-refractivity contribution is -0.117. The molecule has 2 aromatic carbocycles. The maximum atomic E-state index is 11.2. The molecule has 0 bridgehead atoms. The first-order chi connectivity index (χ1) is 8.20. The van der Waals surface area contributed by atoms with Crippen LogP contribution in [0, 0.1) is 0 Å². The lowest BCUT2D eigenvalue weighted by Crippen LogP contribution is -2.24. The van der Waals surface area contributed by atoms with E-state index in [4.69, 9.17) is 0 Å². The minimum atomic E-state index is -0.148. The first kappa shape index (κ1) is 11.4. The Balaban J connectivity index is 2.29. The van der Waals surface area contributed by atoms with Gasteiger partial charge in [-0.15, -0.1) is 0 Å². The van der Waals surface area contributed by atoms with E-state index >= 15 is 0 Å². The number of carbonyl (C=O) groups excluding carboxylic acids is 1. The molecular formula is C15H15NO. The fourth-order valence-corrected chi connectivity index (χ4v) is 1.83. The largest absolute Gasteiger partial charge is 0.346 e. The Morgan fingerprint density at radius 3 is 2.65 bits per heavy atom. The molecule has 0 aliphatic heterocycles. The second-order valence-corrected chi connectivity index (χ2v) is 4.04. The number of carbonyl (C=O) groups is 1. The highest BCUT2D eigenvalue weighted by Crippen LogP contribution is 2.20. The molecule has 0 heterocycles. The first-order valence-corrected chi connectivity index (χ1v) is 5.62. The summed E-state index contributed by atoms with van der Waals surface area (Å²) < 4.78 is 0. The lowest BCUT2D eigenvalue weighted by atomic mass is 10.0. The van der Waals surface area contributed by atoms with Crippen LogP contribution in [0.2, 0.25) is 0 Å². The predicted octanol–water partition coefficient (Wildman–Crippen LogP) is 3.20. The van der Waals surface area contributed by atoms with Crippen LogP contribution in [0.1, 0.15) is 18.5 Å². The van der Waals surface area contributed by atoms with Gasteiger partial charge in [0.1, 0.15) is 0 Å². The van der Waals surface area contributed by atoms with Crippen molar-refractivity contribution in [3.8, 4) is 0 Å². The number of hydrogen-bond donors (Lipinski definition) is 1. The third-order valence-electron chi connectivity index (χ3n) is 2.82. The molecular weight excluding hydrogens is 210 g/mol. The van der Waals surface area contributed by atoms with Crippen LogP contribution < -0.4 is 5.32 Å². The van der Waals surface area contributed by atoms with Gasteiger partial charge < -0.3 is 5.32 Å². The zero-order chi connectivity index (χ0) is 12.3. The average Bonchev–Trinajstić information content (AvgIpc) is 2.38. The molecule has 2 rings (SSSR count). The van der Waals surface area contributed by atoms with Gasteiger partial charge in [0.25, 0.3) is 0 Å². The number of fused-ring (bicyclic) bond motifs is 1. The van der Waals surface area contributed by atoms with Gasteiger partial charge in [0.2, 0.25) is 5.91 Å². The average molecular weight is 225 g/mol. The summed E-state index contributed by atoms with van der Waals surface area (Å²) in [6.07, 6.45) is 1.29. The number of hydrogen-bond acceptors (Lipinski definition) is 1. The van der Waals surface area contributed by atoms with Crippen molar-refractivity contribution in [3.63, 3.8) is 0 Å². The second-order valence-electron chi connectivity index (χ2n) is 4.04. The molecule has 0 fully saturated rings. The van der Waals surface area contributed by atoms with E-state index in [0.717, 1.165) is 5.56 Å². The minimum absolute atomic E-state index is 0.00916. The summed E-state index contributed by atoms with van der Waals surface area (Å²) in [7, 11) is 0. The quantitative estimate of drug-likeness (QED) is 0.798. The van der Waals surface area contributed by atoms with Crippen molar-refractivity contribution in [1.29, 1.82) is 0 Å². The third kappa shape index (κ3) is 2.53. The summed E-state index contributed by atoms with van der Waals surface area (Å²) in [6.45, 7) is 5.41. The van der Waals surface area contributed by atoms with Crippen molar-refractivity contribution in [2.45, 2.75) is 13.0 Å². The van der Waals surface area contributed by atoms with Crippen molar-refractivity contribution in [2.24, 2.45) is 0 Å². The molecule has 1 amide bonds. The van der Waals surface area contributed by atoms with Crippen LogP contribution in [0.25, 0.3) is 10.8 Å². The number of nitrogens with one attached hydrogen (secondary N) is 1. The van der Waals surface area contributed by atoms with Gasteiger partial charge in [0.05, 0.1) is 6.04 Å². The molecule has 1 N–H and O–H groups in total. The molecule has 0 spiro atoms. The van der Waals surface area contributed by atoms with E-state index in [1.165, 1.54) is 16.8 Å². The van der Waals surface area contributed by atoms with Crippen LogP contribution in [0.5, 0.6) is 0 Å². The van der Waals surface area contributed by atoms with E-state index < -0.39 is 0 Å².